The first-order chi connectivity index (χ1) is 24.8. The molecule has 9 nitrogen and oxygen atoms in total. The normalized spacial score (nSPS) is 13.3. The van der Waals surface area contributed by atoms with Crippen LogP contribution in [-0.2, 0) is 32.7 Å². The van der Waals surface area contributed by atoms with Gasteiger partial charge in [0, 0.05) is 12.8 Å². The maximum absolute atomic E-state index is 12.6. The lowest BCUT2D eigenvalue weighted by molar-refractivity contribution is -0.373. The van der Waals surface area contributed by atoms with Gasteiger partial charge in [-0.25, -0.2) is 0 Å². The summed E-state index contributed by atoms with van der Waals surface area (Å²) in [6, 6.07) is 0. The van der Waals surface area contributed by atoms with E-state index in [9.17, 15) is 19.0 Å². The standard InChI is InChI=1S/C41H82NO8P/c1-3-5-7-9-11-13-15-17-19-21-23-25-27-29-31-33-40(43)47-37-39(38-49-51(45,46)48-36-35-42)50-41(44)34-32-30-28-26-24-22-20-18-16-14-12-10-8-6-4-2/h39H,3-38,42H2,1-2H3,(H,45,46)/t39-/m1/s1. The molecule has 0 saturated heterocycles. The molecule has 51 heavy (non-hydrogen) atoms. The average molecular weight is 748 g/mol. The van der Waals surface area contributed by atoms with Crippen LogP contribution in [0.3, 0.4) is 0 Å². The molecule has 0 radical (unpaired) electrons. The molecule has 0 amide bonds. The molecular weight excluding hydrogens is 665 g/mol. The van der Waals surface area contributed by atoms with Crippen LogP contribution < -0.4 is 10.6 Å². The Morgan fingerprint density at radius 1 is 0.510 bits per heavy atom. The highest BCUT2D eigenvalue weighted by Crippen LogP contribution is 2.38. The minimum absolute atomic E-state index is 0.0985. The number of rotatable bonds is 41. The number of ether oxygens (including phenoxy) is 2. The molecular formula is C41H82NO8P. The molecule has 1 unspecified atom stereocenters. The van der Waals surface area contributed by atoms with E-state index in [1.54, 1.807) is 0 Å². The fourth-order valence-corrected chi connectivity index (χ4v) is 7.06. The summed E-state index contributed by atoms with van der Waals surface area (Å²) in [6.45, 7) is 3.97. The van der Waals surface area contributed by atoms with Crippen LogP contribution in [0, 0.1) is 0 Å². The summed E-state index contributed by atoms with van der Waals surface area (Å²) < 4.78 is 32.5. The maximum Gasteiger partial charge on any atom is 0.306 e. The fraction of sp³-hybridized carbons (Fsp3) is 0.951. The van der Waals surface area contributed by atoms with Gasteiger partial charge in [-0.3, -0.25) is 14.2 Å². The monoisotopic (exact) mass is 748 g/mol. The van der Waals surface area contributed by atoms with Gasteiger partial charge in [-0.15, -0.1) is 0 Å². The highest BCUT2D eigenvalue weighted by Gasteiger charge is 2.21. The van der Waals surface area contributed by atoms with Crippen LogP contribution in [0.4, 0.5) is 0 Å². The van der Waals surface area contributed by atoms with E-state index in [1.807, 2.05) is 0 Å². The first kappa shape index (κ1) is 50.0. The molecule has 0 aliphatic heterocycles. The predicted octanol–water partition coefficient (Wildman–Crippen LogP) is 10.7. The molecule has 2 atom stereocenters. The molecule has 0 aliphatic carbocycles. The second-order valence-electron chi connectivity index (χ2n) is 14.6. The zero-order valence-electron chi connectivity index (χ0n) is 33.5. The molecule has 3 N–H and O–H groups in total. The Balaban J connectivity index is 4.11. The first-order valence-electron chi connectivity index (χ1n) is 21.6. The average Bonchev–Trinajstić information content (AvgIpc) is 3.11. The van der Waals surface area contributed by atoms with Crippen LogP contribution in [0.1, 0.15) is 219 Å². The van der Waals surface area contributed by atoms with Gasteiger partial charge in [-0.05, 0) is 12.8 Å². The summed E-state index contributed by atoms with van der Waals surface area (Å²) in [5.74, 6) is -0.831. The molecule has 0 aromatic rings. The Morgan fingerprint density at radius 3 is 1.20 bits per heavy atom. The Kier molecular flexibility index (Phi) is 38.0. The minimum Gasteiger partial charge on any atom is -0.756 e. The smallest absolute Gasteiger partial charge is 0.306 e. The lowest BCUT2D eigenvalue weighted by Crippen LogP contribution is -2.52. The second-order valence-corrected chi connectivity index (χ2v) is 16.0. The van der Waals surface area contributed by atoms with E-state index in [2.05, 4.69) is 19.6 Å². The molecule has 0 aromatic heterocycles. The van der Waals surface area contributed by atoms with E-state index in [1.165, 1.54) is 154 Å². The summed E-state index contributed by atoms with van der Waals surface area (Å²) in [5.41, 5.74) is 3.55. The third kappa shape index (κ3) is 38.5. The number of esters is 2. The lowest BCUT2D eigenvalue weighted by atomic mass is 10.0. The highest BCUT2D eigenvalue weighted by molar-refractivity contribution is 7.45. The number of phosphoric acid groups is 1. The van der Waals surface area contributed by atoms with Crippen molar-refractivity contribution in [2.24, 2.45) is 0 Å². The molecule has 304 valence electrons. The number of hydrogen-bond acceptors (Lipinski definition) is 8. The first-order valence-corrected chi connectivity index (χ1v) is 23.0. The van der Waals surface area contributed by atoms with E-state index < -0.39 is 26.5 Å². The Hall–Kier alpha value is -0.990. The molecule has 10 heteroatoms. The van der Waals surface area contributed by atoms with Gasteiger partial charge in [0.1, 0.15) is 13.2 Å². The number of carbonyl (C=O) groups excluding carboxylic acids is 2. The fourth-order valence-electron chi connectivity index (χ4n) is 6.29. The summed E-state index contributed by atoms with van der Waals surface area (Å²) in [5, 5.41) is 0. The van der Waals surface area contributed by atoms with E-state index in [0.717, 1.165) is 32.1 Å². The summed E-state index contributed by atoms with van der Waals surface area (Å²) in [7, 11) is -4.58. The zero-order chi connectivity index (χ0) is 37.5. The van der Waals surface area contributed by atoms with Crippen molar-refractivity contribution in [3.63, 3.8) is 0 Å². The van der Waals surface area contributed by atoms with Crippen LogP contribution in [-0.4, -0.2) is 44.4 Å². The van der Waals surface area contributed by atoms with Gasteiger partial charge in [-0.2, -0.15) is 0 Å². The van der Waals surface area contributed by atoms with Crippen LogP contribution in [0.5, 0.6) is 0 Å². The molecule has 0 saturated carbocycles. The van der Waals surface area contributed by atoms with Gasteiger partial charge < -0.3 is 29.1 Å². The van der Waals surface area contributed by atoms with Crippen LogP contribution in [0.15, 0.2) is 0 Å². The van der Waals surface area contributed by atoms with Crippen molar-refractivity contribution in [3.05, 3.63) is 0 Å². The van der Waals surface area contributed by atoms with Crippen molar-refractivity contribution >= 4 is 19.8 Å². The van der Waals surface area contributed by atoms with Crippen molar-refractivity contribution in [3.8, 4) is 0 Å². The van der Waals surface area contributed by atoms with E-state index in [4.69, 9.17) is 18.5 Å². The third-order valence-corrected chi connectivity index (χ3v) is 10.5. The van der Waals surface area contributed by atoms with Crippen LogP contribution in [0.25, 0.3) is 0 Å². The summed E-state index contributed by atoms with van der Waals surface area (Å²) >= 11 is 0. The predicted molar refractivity (Wildman–Crippen MR) is 207 cm³/mol. The van der Waals surface area contributed by atoms with E-state index in [0.29, 0.717) is 6.42 Å². The van der Waals surface area contributed by atoms with Crippen molar-refractivity contribution in [1.29, 1.82) is 0 Å². The molecule has 0 fully saturated rings. The SMILES string of the molecule is CCCCCCCCCCCCCCCCCC(=O)OC[C@H](COP(=O)([O-])OCC[NH3+])OC(=O)CCCCCCCCCCCCCCCCC. The van der Waals surface area contributed by atoms with E-state index in [-0.39, 0.29) is 38.6 Å². The van der Waals surface area contributed by atoms with Crippen molar-refractivity contribution in [2.45, 2.75) is 225 Å². The Morgan fingerprint density at radius 2 is 0.843 bits per heavy atom. The number of unbranched alkanes of at least 4 members (excludes halogenated alkanes) is 28. The minimum atomic E-state index is -4.58. The number of phosphoric ester groups is 1. The highest BCUT2D eigenvalue weighted by atomic mass is 31.2. The molecule has 0 aliphatic rings. The summed E-state index contributed by atoms with van der Waals surface area (Å²) in [4.78, 5) is 37.0. The number of carbonyl (C=O) groups is 2. The number of quaternary nitrogens is 1. The van der Waals surface area contributed by atoms with Crippen molar-refractivity contribution in [2.75, 3.05) is 26.4 Å². The largest absolute Gasteiger partial charge is 0.756 e. The topological polar surface area (TPSA) is 139 Å². The Bertz CT molecular complexity index is 815. The summed E-state index contributed by atoms with van der Waals surface area (Å²) in [6.07, 6.45) is 36.9. The molecule has 0 rings (SSSR count). The molecule has 0 spiro atoms. The lowest BCUT2D eigenvalue weighted by Gasteiger charge is -2.25. The zero-order valence-corrected chi connectivity index (χ0v) is 34.3. The maximum atomic E-state index is 12.6. The van der Waals surface area contributed by atoms with Gasteiger partial charge in [-0.1, -0.05) is 194 Å². The molecule has 0 bridgehead atoms. The van der Waals surface area contributed by atoms with Gasteiger partial charge in [0.25, 0.3) is 7.82 Å². The van der Waals surface area contributed by atoms with Crippen molar-refractivity contribution in [1.82, 2.24) is 0 Å². The molecule has 0 aromatic carbocycles. The van der Waals surface area contributed by atoms with Gasteiger partial charge in [0.05, 0.1) is 13.2 Å². The third-order valence-electron chi connectivity index (χ3n) is 9.51. The quantitative estimate of drug-likeness (QED) is 0.0370. The van der Waals surface area contributed by atoms with Crippen LogP contribution in [0.2, 0.25) is 0 Å². The van der Waals surface area contributed by atoms with Crippen molar-refractivity contribution < 1.29 is 43.3 Å². The molecule has 0 heterocycles. The van der Waals surface area contributed by atoms with Crippen LogP contribution >= 0.6 is 7.82 Å². The van der Waals surface area contributed by atoms with E-state index >= 15 is 0 Å². The Labute approximate surface area is 314 Å². The number of hydrogen-bond donors (Lipinski definition) is 1. The van der Waals surface area contributed by atoms with Gasteiger partial charge in [0.15, 0.2) is 6.10 Å². The van der Waals surface area contributed by atoms with Gasteiger partial charge >= 0.3 is 11.9 Å². The second kappa shape index (κ2) is 38.7. The van der Waals surface area contributed by atoms with Gasteiger partial charge in [0.2, 0.25) is 0 Å².